The summed E-state index contributed by atoms with van der Waals surface area (Å²) in [4.78, 5) is 24.6. The van der Waals surface area contributed by atoms with Gasteiger partial charge in [0, 0.05) is 27.4 Å². The number of anilines is 1. The maximum Gasteiger partial charge on any atom is 0.287 e. The molecule has 3 N–H and O–H groups in total. The molecular formula is C23H22ClN2O2+. The van der Waals surface area contributed by atoms with Gasteiger partial charge >= 0.3 is 0 Å². The fraction of sp³-hybridized carbons (Fsp3) is 0.130. The molecule has 0 fully saturated rings. The monoisotopic (exact) mass is 393 g/mol. The second kappa shape index (κ2) is 9.31. The van der Waals surface area contributed by atoms with Crippen LogP contribution in [0.25, 0.3) is 0 Å². The highest BCUT2D eigenvalue weighted by Gasteiger charge is 2.24. The predicted octanol–water partition coefficient (Wildman–Crippen LogP) is 3.99. The Hall–Kier alpha value is -2.95. The number of carbonyl (C=O) groups excluding carboxylic acids is 2. The van der Waals surface area contributed by atoms with E-state index in [4.69, 9.17) is 11.6 Å². The third kappa shape index (κ3) is 5.06. The molecule has 1 atom stereocenters. The molecule has 28 heavy (non-hydrogen) atoms. The highest BCUT2D eigenvalue weighted by Crippen LogP contribution is 2.17. The molecule has 0 aromatic heterocycles. The molecule has 0 unspecified atom stereocenters. The van der Waals surface area contributed by atoms with Crippen LogP contribution in [-0.2, 0) is 11.3 Å². The number of benzene rings is 3. The lowest BCUT2D eigenvalue weighted by atomic mass is 10.0. The average molecular weight is 394 g/mol. The zero-order valence-corrected chi connectivity index (χ0v) is 16.3. The maximum absolute atomic E-state index is 13.0. The zero-order valence-electron chi connectivity index (χ0n) is 15.6. The summed E-state index contributed by atoms with van der Waals surface area (Å²) in [7, 11) is 0. The first-order valence-electron chi connectivity index (χ1n) is 9.08. The first-order chi connectivity index (χ1) is 13.5. The van der Waals surface area contributed by atoms with E-state index in [9.17, 15) is 9.59 Å². The van der Waals surface area contributed by atoms with Crippen LogP contribution in [0.2, 0.25) is 5.02 Å². The van der Waals surface area contributed by atoms with Gasteiger partial charge in [-0.05, 0) is 25.1 Å². The van der Waals surface area contributed by atoms with Crippen molar-refractivity contribution < 1.29 is 14.9 Å². The van der Waals surface area contributed by atoms with Crippen LogP contribution in [0.1, 0.15) is 34.5 Å². The number of Topliss-reactive ketones (excluding diaryl/α,β-unsaturated/α-hetero) is 1. The topological polar surface area (TPSA) is 62.8 Å². The van der Waals surface area contributed by atoms with E-state index in [1.54, 1.807) is 24.3 Å². The third-order valence-electron chi connectivity index (χ3n) is 4.51. The first kappa shape index (κ1) is 19.8. The number of rotatable bonds is 7. The van der Waals surface area contributed by atoms with Gasteiger partial charge in [0.2, 0.25) is 0 Å². The van der Waals surface area contributed by atoms with Gasteiger partial charge in [-0.25, -0.2) is 0 Å². The lowest BCUT2D eigenvalue weighted by Gasteiger charge is -2.17. The Labute approximate surface area is 169 Å². The Morgan fingerprint density at radius 3 is 2.39 bits per heavy atom. The molecule has 0 aliphatic heterocycles. The summed E-state index contributed by atoms with van der Waals surface area (Å²) in [6.45, 7) is 2.07. The summed E-state index contributed by atoms with van der Waals surface area (Å²) in [5.41, 5.74) is 3.03. The quantitative estimate of drug-likeness (QED) is 0.596. The minimum atomic E-state index is -0.446. The number of quaternary nitrogens is 1. The normalized spacial score (nSPS) is 11.6. The minimum Gasteiger partial charge on any atom is -0.328 e. The van der Waals surface area contributed by atoms with E-state index in [1.807, 2.05) is 59.9 Å². The fourth-order valence-electron chi connectivity index (χ4n) is 3.00. The third-order valence-corrected chi connectivity index (χ3v) is 4.88. The summed E-state index contributed by atoms with van der Waals surface area (Å²) in [6.07, 6.45) is 0. The van der Waals surface area contributed by atoms with Gasteiger partial charge in [-0.15, -0.1) is 0 Å². The SMILES string of the molecule is CC(=O)c1cccc(NC(=O)[C@H]([NH2+]Cc2ccccc2Cl)c2ccccc2)c1. The van der Waals surface area contributed by atoms with E-state index in [-0.39, 0.29) is 11.7 Å². The first-order valence-corrected chi connectivity index (χ1v) is 9.46. The number of amides is 1. The smallest absolute Gasteiger partial charge is 0.287 e. The molecule has 3 aromatic carbocycles. The van der Waals surface area contributed by atoms with Crippen LogP contribution in [0.15, 0.2) is 78.9 Å². The van der Waals surface area contributed by atoms with Gasteiger partial charge in [0.15, 0.2) is 11.8 Å². The van der Waals surface area contributed by atoms with Crippen molar-refractivity contribution in [1.82, 2.24) is 0 Å². The molecule has 0 radical (unpaired) electrons. The molecule has 142 valence electrons. The molecule has 0 aliphatic carbocycles. The molecule has 1 amide bonds. The molecular weight excluding hydrogens is 372 g/mol. The van der Waals surface area contributed by atoms with Crippen LogP contribution in [0.4, 0.5) is 5.69 Å². The average Bonchev–Trinajstić information content (AvgIpc) is 2.70. The molecule has 0 aliphatic rings. The predicted molar refractivity (Wildman–Crippen MR) is 111 cm³/mol. The van der Waals surface area contributed by atoms with Crippen molar-refractivity contribution in [2.45, 2.75) is 19.5 Å². The molecule has 5 heteroatoms. The summed E-state index contributed by atoms with van der Waals surface area (Å²) in [5, 5.41) is 5.57. The van der Waals surface area contributed by atoms with Crippen LogP contribution in [-0.4, -0.2) is 11.7 Å². The van der Waals surface area contributed by atoms with Crippen molar-refractivity contribution in [2.24, 2.45) is 0 Å². The number of hydrogen-bond donors (Lipinski definition) is 2. The van der Waals surface area contributed by atoms with E-state index < -0.39 is 6.04 Å². The minimum absolute atomic E-state index is 0.0407. The van der Waals surface area contributed by atoms with Gasteiger partial charge in [0.25, 0.3) is 5.91 Å². The second-order valence-electron chi connectivity index (χ2n) is 6.55. The summed E-state index contributed by atoms with van der Waals surface area (Å²) in [5.74, 6) is -0.194. The Morgan fingerprint density at radius 2 is 1.68 bits per heavy atom. The van der Waals surface area contributed by atoms with Crippen LogP contribution in [0.5, 0.6) is 0 Å². The van der Waals surface area contributed by atoms with Gasteiger partial charge in [0.1, 0.15) is 6.54 Å². The van der Waals surface area contributed by atoms with Crippen molar-refractivity contribution in [3.63, 3.8) is 0 Å². The largest absolute Gasteiger partial charge is 0.328 e. The van der Waals surface area contributed by atoms with Gasteiger partial charge in [-0.1, -0.05) is 72.3 Å². The summed E-state index contributed by atoms with van der Waals surface area (Å²) < 4.78 is 0. The highest BCUT2D eigenvalue weighted by atomic mass is 35.5. The molecule has 3 aromatic rings. The Balaban J connectivity index is 1.80. The number of carbonyl (C=O) groups is 2. The zero-order chi connectivity index (χ0) is 19.9. The van der Waals surface area contributed by atoms with Gasteiger partial charge in [-0.3, -0.25) is 9.59 Å². The fourth-order valence-corrected chi connectivity index (χ4v) is 3.21. The van der Waals surface area contributed by atoms with Crippen molar-refractivity contribution >= 4 is 29.0 Å². The van der Waals surface area contributed by atoms with Crippen molar-refractivity contribution in [1.29, 1.82) is 0 Å². The number of hydrogen-bond acceptors (Lipinski definition) is 2. The molecule has 4 nitrogen and oxygen atoms in total. The van der Waals surface area contributed by atoms with Gasteiger partial charge in [0.05, 0.1) is 0 Å². The van der Waals surface area contributed by atoms with E-state index in [1.165, 1.54) is 6.92 Å². The number of nitrogens with two attached hydrogens (primary N) is 1. The Kier molecular flexibility index (Phi) is 6.58. The molecule has 0 bridgehead atoms. The second-order valence-corrected chi connectivity index (χ2v) is 6.95. The standard InChI is InChI=1S/C23H21ClN2O2/c1-16(27)18-11-7-12-20(14-18)26-23(28)22(17-8-3-2-4-9-17)25-15-19-10-5-6-13-21(19)24/h2-14,22,25H,15H2,1H3,(H,26,28)/p+1/t22-/m1/s1. The van der Waals surface area contributed by atoms with Crippen LogP contribution >= 0.6 is 11.6 Å². The number of nitrogens with one attached hydrogen (secondary N) is 1. The summed E-state index contributed by atoms with van der Waals surface area (Å²) in [6, 6.07) is 23.7. The van der Waals surface area contributed by atoms with Crippen LogP contribution < -0.4 is 10.6 Å². The van der Waals surface area contributed by atoms with Crippen LogP contribution in [0, 0.1) is 0 Å². The molecule has 0 spiro atoms. The van der Waals surface area contributed by atoms with Crippen molar-refractivity contribution in [3.8, 4) is 0 Å². The van der Waals surface area contributed by atoms with Crippen LogP contribution in [0.3, 0.4) is 0 Å². The number of ketones is 1. The summed E-state index contributed by atoms with van der Waals surface area (Å²) >= 11 is 6.26. The lowest BCUT2D eigenvalue weighted by Crippen LogP contribution is -2.85. The van der Waals surface area contributed by atoms with Gasteiger partial charge in [-0.2, -0.15) is 0 Å². The van der Waals surface area contributed by atoms with E-state index in [2.05, 4.69) is 5.32 Å². The Morgan fingerprint density at radius 1 is 0.964 bits per heavy atom. The van der Waals surface area contributed by atoms with Gasteiger partial charge < -0.3 is 10.6 Å². The maximum atomic E-state index is 13.0. The highest BCUT2D eigenvalue weighted by molar-refractivity contribution is 6.31. The van der Waals surface area contributed by atoms with Crippen molar-refractivity contribution in [2.75, 3.05) is 5.32 Å². The number of halogens is 1. The van der Waals surface area contributed by atoms with Crippen molar-refractivity contribution in [3.05, 3.63) is 101 Å². The lowest BCUT2D eigenvalue weighted by molar-refractivity contribution is -0.697. The Bertz CT molecular complexity index is 973. The van der Waals surface area contributed by atoms with E-state index >= 15 is 0 Å². The molecule has 0 heterocycles. The molecule has 0 saturated carbocycles. The van der Waals surface area contributed by atoms with E-state index in [0.29, 0.717) is 22.8 Å². The van der Waals surface area contributed by atoms with E-state index in [0.717, 1.165) is 11.1 Å². The molecule has 0 saturated heterocycles. The molecule has 3 rings (SSSR count).